The number of benzene rings is 1. The first-order valence-electron chi connectivity index (χ1n) is 7.87. The van der Waals surface area contributed by atoms with Crippen LogP contribution in [0.5, 0.6) is 11.5 Å². The van der Waals surface area contributed by atoms with Gasteiger partial charge in [0.05, 0.1) is 13.2 Å². The van der Waals surface area contributed by atoms with Crippen LogP contribution in [0.1, 0.15) is 51.6 Å². The summed E-state index contributed by atoms with van der Waals surface area (Å²) in [5.74, 6) is 2.21. The topological polar surface area (TPSA) is 30.5 Å². The van der Waals surface area contributed by atoms with Crippen LogP contribution >= 0.6 is 0 Å². The third kappa shape index (κ3) is 3.89. The highest BCUT2D eigenvalue weighted by Crippen LogP contribution is 2.34. The first-order valence-corrected chi connectivity index (χ1v) is 7.87. The molecule has 2 atom stereocenters. The number of hydrogen-bond donors (Lipinski definition) is 1. The van der Waals surface area contributed by atoms with Crippen molar-refractivity contribution in [3.63, 3.8) is 0 Å². The maximum Gasteiger partial charge on any atom is 0.161 e. The Morgan fingerprint density at radius 3 is 2.60 bits per heavy atom. The van der Waals surface area contributed by atoms with Crippen LogP contribution in [0, 0.1) is 5.92 Å². The van der Waals surface area contributed by atoms with Crippen molar-refractivity contribution in [2.45, 2.75) is 46.1 Å². The fourth-order valence-electron chi connectivity index (χ4n) is 2.48. The van der Waals surface area contributed by atoms with Crippen molar-refractivity contribution in [1.82, 2.24) is 5.32 Å². The van der Waals surface area contributed by atoms with Gasteiger partial charge in [0.2, 0.25) is 0 Å². The summed E-state index contributed by atoms with van der Waals surface area (Å²) >= 11 is 0. The Bertz CT molecular complexity index is 419. The van der Waals surface area contributed by atoms with E-state index in [4.69, 9.17) is 9.47 Å². The summed E-state index contributed by atoms with van der Waals surface area (Å²) < 4.78 is 11.7. The fourth-order valence-corrected chi connectivity index (χ4v) is 2.48. The van der Waals surface area contributed by atoms with Crippen molar-refractivity contribution in [3.8, 4) is 11.5 Å². The standard InChI is InChI=1S/C17H27NO2/c1-4-6-15(18-9-5-2)14-7-8-16-17(10-14)20-12-13(3)11-19-16/h7-8,10,13,15,18H,4-6,9,11-12H2,1-3H3. The molecule has 0 aliphatic carbocycles. The van der Waals surface area contributed by atoms with Gasteiger partial charge in [0, 0.05) is 12.0 Å². The summed E-state index contributed by atoms with van der Waals surface area (Å²) in [5, 5.41) is 3.62. The highest BCUT2D eigenvalue weighted by molar-refractivity contribution is 5.44. The molecule has 1 aliphatic rings. The zero-order chi connectivity index (χ0) is 14.4. The Morgan fingerprint density at radius 1 is 1.15 bits per heavy atom. The minimum absolute atomic E-state index is 0.412. The van der Waals surface area contributed by atoms with Crippen LogP contribution in [0.3, 0.4) is 0 Å². The van der Waals surface area contributed by atoms with Crippen LogP contribution in [0.2, 0.25) is 0 Å². The molecule has 0 saturated carbocycles. The van der Waals surface area contributed by atoms with Crippen LogP contribution in [0.25, 0.3) is 0 Å². The Balaban J connectivity index is 2.15. The van der Waals surface area contributed by atoms with Crippen LogP contribution in [0.4, 0.5) is 0 Å². The first-order chi connectivity index (χ1) is 9.74. The van der Waals surface area contributed by atoms with Gasteiger partial charge in [0.1, 0.15) is 0 Å². The van der Waals surface area contributed by atoms with Crippen LogP contribution in [-0.4, -0.2) is 19.8 Å². The Hall–Kier alpha value is -1.22. The van der Waals surface area contributed by atoms with E-state index in [-0.39, 0.29) is 0 Å². The fraction of sp³-hybridized carbons (Fsp3) is 0.647. The van der Waals surface area contributed by atoms with Crippen molar-refractivity contribution < 1.29 is 9.47 Å². The average Bonchev–Trinajstić information content (AvgIpc) is 2.65. The molecule has 0 fully saturated rings. The summed E-state index contributed by atoms with van der Waals surface area (Å²) in [4.78, 5) is 0. The number of rotatable bonds is 6. The SMILES string of the molecule is CCCNC(CCC)c1ccc2c(c1)OCC(C)CO2. The molecule has 1 heterocycles. The van der Waals surface area contributed by atoms with Crippen molar-refractivity contribution in [1.29, 1.82) is 0 Å². The second-order valence-electron chi connectivity index (χ2n) is 5.73. The first kappa shape index (κ1) is 15.2. The molecule has 2 unspecified atom stereocenters. The number of fused-ring (bicyclic) bond motifs is 1. The molecule has 0 spiro atoms. The van der Waals surface area contributed by atoms with Crippen LogP contribution in [0.15, 0.2) is 18.2 Å². The third-order valence-corrected chi connectivity index (χ3v) is 3.63. The maximum atomic E-state index is 5.88. The van der Waals surface area contributed by atoms with E-state index >= 15 is 0 Å². The molecule has 1 N–H and O–H groups in total. The van der Waals surface area contributed by atoms with E-state index in [1.165, 1.54) is 12.0 Å². The molecule has 0 radical (unpaired) electrons. The molecule has 1 aromatic carbocycles. The number of nitrogens with one attached hydrogen (secondary N) is 1. The molecule has 0 saturated heterocycles. The van der Waals surface area contributed by atoms with Gasteiger partial charge in [-0.25, -0.2) is 0 Å². The van der Waals surface area contributed by atoms with E-state index in [0.717, 1.165) is 44.1 Å². The predicted octanol–water partition coefficient (Wildman–Crippen LogP) is 3.93. The number of ether oxygens (including phenoxy) is 2. The van der Waals surface area contributed by atoms with Gasteiger partial charge in [0.15, 0.2) is 11.5 Å². The second-order valence-corrected chi connectivity index (χ2v) is 5.73. The summed E-state index contributed by atoms with van der Waals surface area (Å²) in [7, 11) is 0. The van der Waals surface area contributed by atoms with Gasteiger partial charge >= 0.3 is 0 Å². The summed E-state index contributed by atoms with van der Waals surface area (Å²) in [6, 6.07) is 6.78. The van der Waals surface area contributed by atoms with Gasteiger partial charge in [-0.15, -0.1) is 0 Å². The smallest absolute Gasteiger partial charge is 0.161 e. The quantitative estimate of drug-likeness (QED) is 0.854. The van der Waals surface area contributed by atoms with Gasteiger partial charge in [-0.1, -0.05) is 33.3 Å². The highest BCUT2D eigenvalue weighted by Gasteiger charge is 2.17. The van der Waals surface area contributed by atoms with E-state index in [9.17, 15) is 0 Å². The molecule has 0 bridgehead atoms. The molecule has 3 heteroatoms. The van der Waals surface area contributed by atoms with Gasteiger partial charge in [-0.05, 0) is 37.1 Å². The zero-order valence-electron chi connectivity index (χ0n) is 12.9. The van der Waals surface area contributed by atoms with E-state index < -0.39 is 0 Å². The lowest BCUT2D eigenvalue weighted by atomic mass is 10.0. The van der Waals surface area contributed by atoms with Gasteiger partial charge in [-0.2, -0.15) is 0 Å². The molecule has 1 aromatic rings. The van der Waals surface area contributed by atoms with Gasteiger partial charge < -0.3 is 14.8 Å². The minimum atomic E-state index is 0.412. The lowest BCUT2D eigenvalue weighted by Crippen LogP contribution is -2.22. The van der Waals surface area contributed by atoms with Crippen molar-refractivity contribution in [2.24, 2.45) is 5.92 Å². The average molecular weight is 277 g/mol. The number of hydrogen-bond acceptors (Lipinski definition) is 3. The maximum absolute atomic E-state index is 5.88. The molecular formula is C17H27NO2. The predicted molar refractivity (Wildman–Crippen MR) is 82.5 cm³/mol. The second kappa shape index (κ2) is 7.53. The van der Waals surface area contributed by atoms with E-state index in [1.807, 2.05) is 0 Å². The molecule has 1 aliphatic heterocycles. The normalized spacial score (nSPS) is 19.4. The largest absolute Gasteiger partial charge is 0.489 e. The van der Waals surface area contributed by atoms with E-state index in [0.29, 0.717) is 12.0 Å². The van der Waals surface area contributed by atoms with E-state index in [2.05, 4.69) is 44.3 Å². The Labute approximate surface area is 122 Å². The van der Waals surface area contributed by atoms with Crippen molar-refractivity contribution in [3.05, 3.63) is 23.8 Å². The third-order valence-electron chi connectivity index (χ3n) is 3.63. The Kier molecular flexibility index (Phi) is 5.72. The summed E-state index contributed by atoms with van der Waals surface area (Å²) in [5.41, 5.74) is 1.30. The van der Waals surface area contributed by atoms with Crippen molar-refractivity contribution >= 4 is 0 Å². The monoisotopic (exact) mass is 277 g/mol. The molecule has 20 heavy (non-hydrogen) atoms. The molecule has 0 amide bonds. The van der Waals surface area contributed by atoms with Crippen molar-refractivity contribution in [2.75, 3.05) is 19.8 Å². The highest BCUT2D eigenvalue weighted by atomic mass is 16.5. The summed E-state index contributed by atoms with van der Waals surface area (Å²) in [6.07, 6.45) is 3.48. The van der Waals surface area contributed by atoms with Gasteiger partial charge in [0.25, 0.3) is 0 Å². The van der Waals surface area contributed by atoms with Crippen LogP contribution in [-0.2, 0) is 0 Å². The molecule has 2 rings (SSSR count). The molecule has 0 aromatic heterocycles. The lowest BCUT2D eigenvalue weighted by Gasteiger charge is -2.19. The zero-order valence-corrected chi connectivity index (χ0v) is 12.9. The Morgan fingerprint density at radius 2 is 1.90 bits per heavy atom. The molecule has 3 nitrogen and oxygen atoms in total. The van der Waals surface area contributed by atoms with Crippen LogP contribution < -0.4 is 14.8 Å². The summed E-state index contributed by atoms with van der Waals surface area (Å²) in [6.45, 7) is 9.10. The lowest BCUT2D eigenvalue weighted by molar-refractivity contribution is 0.228. The minimum Gasteiger partial charge on any atom is -0.489 e. The molecule has 112 valence electrons. The van der Waals surface area contributed by atoms with Gasteiger partial charge in [-0.3, -0.25) is 0 Å². The molecular weight excluding hydrogens is 250 g/mol. The van der Waals surface area contributed by atoms with E-state index in [1.54, 1.807) is 0 Å².